The summed E-state index contributed by atoms with van der Waals surface area (Å²) in [7, 11) is 0. The Morgan fingerprint density at radius 1 is 0.541 bits per heavy atom. The Labute approximate surface area is 220 Å². The topological polar surface area (TPSA) is 43.4 Å². The highest BCUT2D eigenvalue weighted by molar-refractivity contribution is 6.02. The highest BCUT2D eigenvalue weighted by Crippen LogP contribution is 2.62. The fraction of sp³-hybridized carbons (Fsp3) is 0.588. The van der Waals surface area contributed by atoms with E-state index < -0.39 is 11.9 Å². The van der Waals surface area contributed by atoms with Crippen LogP contribution in [0, 0.1) is 35.5 Å². The zero-order valence-electron chi connectivity index (χ0n) is 21.8. The number of carbonyl (C=O) groups is 2. The predicted octanol–water partition coefficient (Wildman–Crippen LogP) is 7.62. The fourth-order valence-corrected chi connectivity index (χ4v) is 11.1. The molecule has 0 N–H and O–H groups in total. The third-order valence-electron chi connectivity index (χ3n) is 11.7. The van der Waals surface area contributed by atoms with E-state index in [1.165, 1.54) is 88.2 Å². The van der Waals surface area contributed by atoms with Crippen LogP contribution in [0.1, 0.15) is 109 Å². The van der Waals surface area contributed by atoms with Gasteiger partial charge in [-0.15, -0.1) is 0 Å². The van der Waals surface area contributed by atoms with Crippen LogP contribution in [0.2, 0.25) is 0 Å². The Bertz CT molecular complexity index is 1100. The van der Waals surface area contributed by atoms with Crippen LogP contribution in [-0.2, 0) is 15.6 Å². The maximum Gasteiger partial charge on any atom is 0.346 e. The van der Waals surface area contributed by atoms with Crippen LogP contribution < -0.4 is 0 Å². The monoisotopic (exact) mass is 494 g/mol. The van der Waals surface area contributed by atoms with Gasteiger partial charge in [-0.3, -0.25) is 0 Å². The van der Waals surface area contributed by atoms with E-state index in [1.807, 2.05) is 36.4 Å². The van der Waals surface area contributed by atoms with E-state index in [0.29, 0.717) is 11.1 Å². The van der Waals surface area contributed by atoms with E-state index in [4.69, 9.17) is 4.74 Å². The van der Waals surface area contributed by atoms with Gasteiger partial charge in [0.15, 0.2) is 0 Å². The molecule has 0 spiro atoms. The summed E-state index contributed by atoms with van der Waals surface area (Å²) in [4.78, 5) is 26.3. The zero-order chi connectivity index (χ0) is 24.8. The first kappa shape index (κ1) is 22.6. The first-order chi connectivity index (χ1) is 18.0. The lowest BCUT2D eigenvalue weighted by Crippen LogP contribution is -2.48. The molecule has 0 aliphatic heterocycles. The summed E-state index contributed by atoms with van der Waals surface area (Å²) in [6.07, 6.45) is 15.9. The van der Waals surface area contributed by atoms with Crippen LogP contribution in [0.5, 0.6) is 0 Å². The average Bonchev–Trinajstić information content (AvgIpc) is 2.87. The number of hydrogen-bond donors (Lipinski definition) is 0. The lowest BCUT2D eigenvalue weighted by molar-refractivity contribution is -0.00532. The molecule has 0 saturated heterocycles. The van der Waals surface area contributed by atoms with Crippen LogP contribution in [0.15, 0.2) is 48.5 Å². The van der Waals surface area contributed by atoms with Crippen molar-refractivity contribution in [1.82, 2.24) is 0 Å². The van der Waals surface area contributed by atoms with E-state index in [0.717, 1.165) is 35.5 Å². The molecule has 8 bridgehead atoms. The molecular weight excluding hydrogens is 456 g/mol. The Hall–Kier alpha value is -2.42. The van der Waals surface area contributed by atoms with Crippen molar-refractivity contribution in [2.45, 2.75) is 87.9 Å². The van der Waals surface area contributed by atoms with Crippen LogP contribution in [-0.4, -0.2) is 11.9 Å². The Morgan fingerprint density at radius 2 is 0.865 bits per heavy atom. The number of esters is 2. The van der Waals surface area contributed by atoms with Crippen molar-refractivity contribution in [3.8, 4) is 0 Å². The zero-order valence-corrected chi connectivity index (χ0v) is 21.8. The molecule has 0 atom stereocenters. The van der Waals surface area contributed by atoms with Gasteiger partial charge >= 0.3 is 11.9 Å². The van der Waals surface area contributed by atoms with Crippen molar-refractivity contribution >= 4 is 11.9 Å². The van der Waals surface area contributed by atoms with Gasteiger partial charge in [-0.2, -0.15) is 0 Å². The standard InChI is InChI=1S/C34H38O3/c35-31(27-3-1-5-29(13-27)33-15-21-7-22(16-33)9-23(8-21)17-33)37-32(36)28-4-2-6-30(14-28)34-18-24-10-25(19-34)12-26(11-24)20-34/h1-6,13-14,21-26H,7-12,15-20H2. The summed E-state index contributed by atoms with van der Waals surface area (Å²) in [6, 6.07) is 16.1. The highest BCUT2D eigenvalue weighted by Gasteiger charge is 2.52. The van der Waals surface area contributed by atoms with Gasteiger partial charge in [-0.05, 0) is 159 Å². The van der Waals surface area contributed by atoms with E-state index in [2.05, 4.69) is 12.1 Å². The molecule has 3 nitrogen and oxygen atoms in total. The molecular formula is C34H38O3. The van der Waals surface area contributed by atoms with E-state index >= 15 is 0 Å². The molecule has 0 amide bonds. The average molecular weight is 495 g/mol. The van der Waals surface area contributed by atoms with Gasteiger partial charge in [-0.25, -0.2) is 9.59 Å². The Kier molecular flexibility index (Phi) is 4.90. The third kappa shape index (κ3) is 3.67. The number of carbonyl (C=O) groups excluding carboxylic acids is 2. The molecule has 0 radical (unpaired) electrons. The maximum atomic E-state index is 13.2. The van der Waals surface area contributed by atoms with Gasteiger partial charge in [0, 0.05) is 0 Å². The van der Waals surface area contributed by atoms with Crippen molar-refractivity contribution in [3.63, 3.8) is 0 Å². The fourth-order valence-electron chi connectivity index (χ4n) is 11.1. The second-order valence-electron chi connectivity index (χ2n) is 14.2. The number of benzene rings is 2. The molecule has 2 aromatic carbocycles. The molecule has 0 unspecified atom stereocenters. The molecule has 8 saturated carbocycles. The number of ether oxygens (including phenoxy) is 1. The first-order valence-corrected chi connectivity index (χ1v) is 14.9. The molecule has 8 aliphatic rings. The van der Waals surface area contributed by atoms with E-state index in [9.17, 15) is 9.59 Å². The van der Waals surface area contributed by atoms with Gasteiger partial charge in [0.2, 0.25) is 0 Å². The molecule has 37 heavy (non-hydrogen) atoms. The van der Waals surface area contributed by atoms with Crippen molar-refractivity contribution in [2.75, 3.05) is 0 Å². The number of rotatable bonds is 4. The number of hydrogen-bond acceptors (Lipinski definition) is 3. The second-order valence-corrected chi connectivity index (χ2v) is 14.2. The molecule has 0 aromatic heterocycles. The quantitative estimate of drug-likeness (QED) is 0.324. The second kappa shape index (κ2) is 8.04. The van der Waals surface area contributed by atoms with Crippen LogP contribution in [0.4, 0.5) is 0 Å². The third-order valence-corrected chi connectivity index (χ3v) is 11.7. The molecule has 2 aromatic rings. The predicted molar refractivity (Wildman–Crippen MR) is 142 cm³/mol. The summed E-state index contributed by atoms with van der Waals surface area (Å²) >= 11 is 0. The molecule has 0 heterocycles. The maximum absolute atomic E-state index is 13.2. The van der Waals surface area contributed by atoms with Gasteiger partial charge in [0.25, 0.3) is 0 Å². The molecule has 8 aliphatic carbocycles. The normalized spacial score (nSPS) is 40.6. The van der Waals surface area contributed by atoms with Crippen molar-refractivity contribution in [2.24, 2.45) is 35.5 Å². The van der Waals surface area contributed by atoms with E-state index in [1.54, 1.807) is 0 Å². The minimum Gasteiger partial charge on any atom is -0.386 e. The lowest BCUT2D eigenvalue weighted by atomic mass is 9.48. The SMILES string of the molecule is O=C(OC(=O)c1cccc(C23CC4CC(CC(C4)C2)C3)c1)c1cccc(C23CC4CC(CC(C4)C2)C3)c1. The van der Waals surface area contributed by atoms with Gasteiger partial charge in [0.1, 0.15) is 0 Å². The summed E-state index contributed by atoms with van der Waals surface area (Å²) < 4.78 is 5.49. The van der Waals surface area contributed by atoms with Gasteiger partial charge < -0.3 is 4.74 Å². The first-order valence-electron chi connectivity index (χ1n) is 14.9. The summed E-state index contributed by atoms with van der Waals surface area (Å²) in [6.45, 7) is 0. The van der Waals surface area contributed by atoms with Gasteiger partial charge in [0.05, 0.1) is 11.1 Å². The lowest BCUT2D eigenvalue weighted by Gasteiger charge is -2.57. The van der Waals surface area contributed by atoms with Crippen molar-refractivity contribution in [3.05, 3.63) is 70.8 Å². The molecule has 8 fully saturated rings. The smallest absolute Gasteiger partial charge is 0.346 e. The molecule has 10 rings (SSSR count). The largest absolute Gasteiger partial charge is 0.386 e. The Balaban J connectivity index is 1.01. The summed E-state index contributed by atoms with van der Waals surface area (Å²) in [5.74, 6) is 4.08. The Morgan fingerprint density at radius 3 is 1.19 bits per heavy atom. The van der Waals surface area contributed by atoms with E-state index in [-0.39, 0.29) is 10.8 Å². The minimum absolute atomic E-state index is 0.223. The van der Waals surface area contributed by atoms with Crippen LogP contribution >= 0.6 is 0 Å². The molecule has 3 heteroatoms. The van der Waals surface area contributed by atoms with Crippen molar-refractivity contribution < 1.29 is 14.3 Å². The highest BCUT2D eigenvalue weighted by atomic mass is 16.6. The van der Waals surface area contributed by atoms with Crippen LogP contribution in [0.3, 0.4) is 0 Å². The minimum atomic E-state index is -0.517. The van der Waals surface area contributed by atoms with Gasteiger partial charge in [-0.1, -0.05) is 24.3 Å². The summed E-state index contributed by atoms with van der Waals surface area (Å²) in [5, 5.41) is 0. The van der Waals surface area contributed by atoms with Crippen molar-refractivity contribution in [1.29, 1.82) is 0 Å². The summed E-state index contributed by atoms with van der Waals surface area (Å²) in [5.41, 5.74) is 4.05. The van der Waals surface area contributed by atoms with Crippen LogP contribution in [0.25, 0.3) is 0 Å². The molecule has 192 valence electrons.